The zero-order valence-corrected chi connectivity index (χ0v) is 41.4. The molecule has 0 amide bonds. The largest absolute Gasteiger partial charge is 0.454 e. The second-order valence-corrected chi connectivity index (χ2v) is 23.8. The van der Waals surface area contributed by atoms with Crippen molar-refractivity contribution >= 4 is 90.5 Å². The van der Waals surface area contributed by atoms with E-state index in [0.717, 1.165) is 34.0 Å². The van der Waals surface area contributed by atoms with E-state index >= 15 is 0 Å². The van der Waals surface area contributed by atoms with Crippen LogP contribution in [-0.2, 0) is 21.7 Å². The Balaban J connectivity index is 1.23. The van der Waals surface area contributed by atoms with Gasteiger partial charge in [-0.1, -0.05) is 167 Å². The standard InChI is InChI=1S/C62H64BN3O/c1-58(2,3)39-25-29-42(30-26-39)64-50-31-27-40(59(4,5)6)35-47(50)63-48-36-41(60(7,8)9)28-32-51(48)65(52-23-18-20-45-44-19-12-15-24-55(44)67-57(45)52)54-38-43(37-53(64)56(54)63)66-49-22-14-13-21-46(49)61(10)33-16-17-34-62(61,66)11/h12-15,18-32,35-38H,16-17,33-34H2,1-11H3. The third-order valence-electron chi connectivity index (χ3n) is 16.7. The van der Waals surface area contributed by atoms with Crippen molar-refractivity contribution in [1.82, 2.24) is 0 Å². The summed E-state index contributed by atoms with van der Waals surface area (Å²) in [5, 5.41) is 2.27. The zero-order valence-electron chi connectivity index (χ0n) is 41.4. The van der Waals surface area contributed by atoms with Gasteiger partial charge in [-0.25, -0.2) is 0 Å². The van der Waals surface area contributed by atoms with E-state index in [2.05, 4.69) is 230 Å². The van der Waals surface area contributed by atoms with E-state index in [1.807, 2.05) is 0 Å². The number of hydrogen-bond donors (Lipinski definition) is 0. The Bertz CT molecular complexity index is 3320. The molecule has 1 aromatic heterocycles. The van der Waals surface area contributed by atoms with Gasteiger partial charge in [-0.05, 0) is 129 Å². The predicted octanol–water partition coefficient (Wildman–Crippen LogP) is 15.3. The molecule has 1 fully saturated rings. The Morgan fingerprint density at radius 1 is 0.478 bits per heavy atom. The minimum Gasteiger partial charge on any atom is -0.454 e. The molecule has 4 heterocycles. The molecule has 2 unspecified atom stereocenters. The van der Waals surface area contributed by atoms with Gasteiger partial charge in [0, 0.05) is 56.0 Å². The quantitative estimate of drug-likeness (QED) is 0.165. The molecule has 4 aliphatic rings. The first-order chi connectivity index (χ1) is 31.9. The van der Waals surface area contributed by atoms with Crippen LogP contribution in [0.25, 0.3) is 21.9 Å². The first-order valence-corrected chi connectivity index (χ1v) is 24.8. The third kappa shape index (κ3) is 6.05. The fourth-order valence-corrected chi connectivity index (χ4v) is 12.7. The van der Waals surface area contributed by atoms with E-state index in [9.17, 15) is 0 Å². The number of fused-ring (bicyclic) bond motifs is 10. The van der Waals surface area contributed by atoms with E-state index in [0.29, 0.717) is 0 Å². The van der Waals surface area contributed by atoms with Gasteiger partial charge in [0.15, 0.2) is 5.58 Å². The van der Waals surface area contributed by atoms with Crippen molar-refractivity contribution in [1.29, 1.82) is 0 Å². The number of hydrogen-bond acceptors (Lipinski definition) is 4. The Morgan fingerprint density at radius 3 is 1.70 bits per heavy atom. The average Bonchev–Trinajstić information content (AvgIpc) is 3.78. The van der Waals surface area contributed by atoms with E-state index < -0.39 is 0 Å². The molecule has 0 saturated heterocycles. The molecule has 0 N–H and O–H groups in total. The molecule has 0 radical (unpaired) electrons. The van der Waals surface area contributed by atoms with E-state index in [1.165, 1.54) is 97.7 Å². The molecule has 5 heteroatoms. The molecule has 0 bridgehead atoms. The second kappa shape index (κ2) is 14.2. The van der Waals surface area contributed by atoms with Crippen LogP contribution in [0.3, 0.4) is 0 Å². The van der Waals surface area contributed by atoms with Gasteiger partial charge in [0.05, 0.1) is 11.2 Å². The topological polar surface area (TPSA) is 22.9 Å². The molecular weight excluding hydrogens is 814 g/mol. The van der Waals surface area contributed by atoms with Crippen LogP contribution in [0.2, 0.25) is 0 Å². The number of rotatable bonds is 3. The molecule has 1 aliphatic carbocycles. The van der Waals surface area contributed by atoms with Gasteiger partial charge < -0.3 is 19.1 Å². The van der Waals surface area contributed by atoms with Crippen LogP contribution < -0.4 is 31.1 Å². The van der Waals surface area contributed by atoms with Crippen molar-refractivity contribution in [2.45, 2.75) is 129 Å². The van der Waals surface area contributed by atoms with Gasteiger partial charge in [0.25, 0.3) is 6.71 Å². The fourth-order valence-electron chi connectivity index (χ4n) is 12.7. The van der Waals surface area contributed by atoms with Crippen molar-refractivity contribution in [3.05, 3.63) is 162 Å². The van der Waals surface area contributed by atoms with Crippen LogP contribution in [0.15, 0.2) is 144 Å². The summed E-state index contributed by atoms with van der Waals surface area (Å²) in [4.78, 5) is 7.95. The van der Waals surface area contributed by atoms with Crippen LogP contribution in [0.5, 0.6) is 0 Å². The van der Waals surface area contributed by atoms with E-state index in [4.69, 9.17) is 4.42 Å². The Labute approximate surface area is 398 Å². The molecular formula is C62H64BN3O. The normalized spacial score (nSPS) is 19.9. The third-order valence-corrected chi connectivity index (χ3v) is 16.7. The predicted molar refractivity (Wildman–Crippen MR) is 287 cm³/mol. The zero-order chi connectivity index (χ0) is 46.6. The first-order valence-electron chi connectivity index (χ1n) is 24.8. The molecule has 4 nitrogen and oxygen atoms in total. The minimum absolute atomic E-state index is 0.00541. The smallest absolute Gasteiger partial charge is 0.252 e. The summed E-state index contributed by atoms with van der Waals surface area (Å²) in [5.74, 6) is 0. The molecule has 3 aliphatic heterocycles. The molecule has 67 heavy (non-hydrogen) atoms. The maximum absolute atomic E-state index is 6.99. The van der Waals surface area contributed by atoms with Crippen molar-refractivity contribution in [2.24, 2.45) is 0 Å². The number of furan rings is 1. The Hall–Kier alpha value is -6.20. The van der Waals surface area contributed by atoms with Crippen LogP contribution in [0.4, 0.5) is 45.5 Å². The maximum Gasteiger partial charge on any atom is 0.252 e. The summed E-state index contributed by atoms with van der Waals surface area (Å²) in [5.41, 5.74) is 20.8. The fraction of sp³-hybridized carbons (Fsp3) is 0.323. The molecule has 2 atom stereocenters. The van der Waals surface area contributed by atoms with Crippen molar-refractivity contribution in [3.63, 3.8) is 0 Å². The highest BCUT2D eigenvalue weighted by Gasteiger charge is 2.58. The lowest BCUT2D eigenvalue weighted by Gasteiger charge is -2.51. The van der Waals surface area contributed by atoms with Crippen molar-refractivity contribution in [2.75, 3.05) is 14.7 Å². The lowest BCUT2D eigenvalue weighted by atomic mass is 9.33. The number of benzene rings is 7. The Morgan fingerprint density at radius 2 is 1.03 bits per heavy atom. The second-order valence-electron chi connectivity index (χ2n) is 23.8. The summed E-state index contributed by atoms with van der Waals surface area (Å²) in [6, 6.07) is 53.9. The lowest BCUT2D eigenvalue weighted by molar-refractivity contribution is 0.195. The maximum atomic E-state index is 6.99. The summed E-state index contributed by atoms with van der Waals surface area (Å²) in [6.07, 6.45) is 4.77. The monoisotopic (exact) mass is 878 g/mol. The van der Waals surface area contributed by atoms with Gasteiger partial charge in [-0.15, -0.1) is 0 Å². The number of anilines is 8. The molecule has 336 valence electrons. The van der Waals surface area contributed by atoms with Gasteiger partial charge in [0.1, 0.15) is 5.58 Å². The van der Waals surface area contributed by atoms with Crippen LogP contribution >= 0.6 is 0 Å². The van der Waals surface area contributed by atoms with Crippen LogP contribution in [0.1, 0.15) is 124 Å². The Kier molecular flexibility index (Phi) is 8.92. The van der Waals surface area contributed by atoms with Gasteiger partial charge in [-0.3, -0.25) is 0 Å². The molecule has 8 aromatic rings. The van der Waals surface area contributed by atoms with Crippen molar-refractivity contribution in [3.8, 4) is 0 Å². The van der Waals surface area contributed by atoms with Crippen LogP contribution in [-0.4, -0.2) is 12.3 Å². The molecule has 12 rings (SSSR count). The molecule has 1 saturated carbocycles. The first kappa shape index (κ1) is 42.2. The number of para-hydroxylation sites is 3. The van der Waals surface area contributed by atoms with Gasteiger partial charge in [-0.2, -0.15) is 0 Å². The van der Waals surface area contributed by atoms with Crippen molar-refractivity contribution < 1.29 is 4.42 Å². The summed E-state index contributed by atoms with van der Waals surface area (Å²) < 4.78 is 6.99. The average molecular weight is 878 g/mol. The SMILES string of the molecule is CC(C)(C)c1ccc(N2c3ccc(C(C)(C)C)cc3B3c4cc(C(C)(C)C)ccc4N(c4cccc5c4oc4ccccc45)c4cc(N5c6ccccc6C6(C)CCCCC56C)cc2c43)cc1. The minimum atomic E-state index is -0.125. The van der Waals surface area contributed by atoms with Crippen LogP contribution in [0, 0.1) is 0 Å². The summed E-state index contributed by atoms with van der Waals surface area (Å²) in [7, 11) is 0. The highest BCUT2D eigenvalue weighted by Crippen LogP contribution is 2.62. The summed E-state index contributed by atoms with van der Waals surface area (Å²) in [6.45, 7) is 26.1. The van der Waals surface area contributed by atoms with E-state index in [1.54, 1.807) is 0 Å². The lowest BCUT2D eigenvalue weighted by Crippen LogP contribution is -2.62. The van der Waals surface area contributed by atoms with Gasteiger partial charge >= 0.3 is 0 Å². The molecule has 0 spiro atoms. The van der Waals surface area contributed by atoms with Gasteiger partial charge in [0.2, 0.25) is 0 Å². The van der Waals surface area contributed by atoms with E-state index in [-0.39, 0.29) is 33.9 Å². The number of nitrogens with zero attached hydrogens (tertiary/aromatic N) is 3. The highest BCUT2D eigenvalue weighted by atomic mass is 16.3. The summed E-state index contributed by atoms with van der Waals surface area (Å²) >= 11 is 0. The molecule has 7 aromatic carbocycles. The highest BCUT2D eigenvalue weighted by molar-refractivity contribution is 7.00.